The topological polar surface area (TPSA) is 29.5 Å². The van der Waals surface area contributed by atoms with Gasteiger partial charge in [-0.05, 0) is 105 Å². The molecule has 1 aromatic carbocycles. The fourth-order valence-corrected chi connectivity index (χ4v) is 5.27. The molecule has 2 heteroatoms. The number of hydrogen-bond acceptors (Lipinski definition) is 2. The van der Waals surface area contributed by atoms with E-state index in [9.17, 15) is 5.11 Å². The molecule has 1 aromatic rings. The molecule has 0 amide bonds. The third kappa shape index (κ3) is 7.52. The largest absolute Gasteiger partial charge is 0.507 e. The van der Waals surface area contributed by atoms with Gasteiger partial charge in [0.1, 0.15) is 17.1 Å². The Morgan fingerprint density at radius 2 is 1.38 bits per heavy atom. The third-order valence-corrected chi connectivity index (χ3v) is 7.45. The molecule has 0 aromatic heterocycles. The monoisotopic (exact) mass is 466 g/mol. The van der Waals surface area contributed by atoms with E-state index in [0.29, 0.717) is 5.75 Å². The van der Waals surface area contributed by atoms with Crippen LogP contribution in [0.4, 0.5) is 0 Å². The first kappa shape index (κ1) is 28.3. The average molecular weight is 467 g/mol. The first-order valence-corrected chi connectivity index (χ1v) is 13.7. The van der Waals surface area contributed by atoms with Crippen LogP contribution in [0.3, 0.4) is 0 Å². The van der Waals surface area contributed by atoms with Crippen molar-refractivity contribution >= 4 is 0 Å². The summed E-state index contributed by atoms with van der Waals surface area (Å²) in [4.78, 5) is 0. The van der Waals surface area contributed by atoms with Crippen LogP contribution in [-0.2, 0) is 25.7 Å². The average Bonchev–Trinajstić information content (AvgIpc) is 2.78. The highest BCUT2D eigenvalue weighted by Gasteiger charge is 2.35. The molecule has 1 aliphatic rings. The Balaban J connectivity index is 1.99. The lowest BCUT2D eigenvalue weighted by Crippen LogP contribution is -2.37. The summed E-state index contributed by atoms with van der Waals surface area (Å²) in [5.74, 6) is 1.60. The second-order valence-electron chi connectivity index (χ2n) is 10.7. The second-order valence-corrected chi connectivity index (χ2v) is 10.7. The molecule has 0 radical (unpaired) electrons. The number of ether oxygens (including phenoxy) is 1. The summed E-state index contributed by atoms with van der Waals surface area (Å²) in [6, 6.07) is 0. The smallest absolute Gasteiger partial charge is 0.127 e. The summed E-state index contributed by atoms with van der Waals surface area (Å²) in [5.41, 5.74) is 8.92. The standard InChI is InChI=1S/C32H50O2/c1-9-26-28(11-3)31-29(27(10-2)30(26)33)20-22-32(8,34-31)21-14-19-25(7)18-13-17-24(6)16-12-15-23(4)5/h15,17,19,33H,9-14,16,18,20-22H2,1-8H3/b24-17+,25-19+. The molecule has 0 bridgehead atoms. The van der Waals surface area contributed by atoms with Gasteiger partial charge in [0.15, 0.2) is 0 Å². The minimum Gasteiger partial charge on any atom is -0.507 e. The molecule has 1 atom stereocenters. The van der Waals surface area contributed by atoms with Crippen LogP contribution in [0.5, 0.6) is 11.5 Å². The zero-order valence-electron chi connectivity index (χ0n) is 23.4. The second kappa shape index (κ2) is 13.2. The minimum atomic E-state index is -0.137. The first-order chi connectivity index (χ1) is 16.2. The maximum Gasteiger partial charge on any atom is 0.127 e. The minimum absolute atomic E-state index is 0.137. The van der Waals surface area contributed by atoms with Gasteiger partial charge in [-0.2, -0.15) is 0 Å². The molecule has 1 aliphatic heterocycles. The highest BCUT2D eigenvalue weighted by Crippen LogP contribution is 2.46. The van der Waals surface area contributed by atoms with Gasteiger partial charge in [0.05, 0.1) is 0 Å². The lowest BCUT2D eigenvalue weighted by Gasteiger charge is -2.38. The molecule has 1 N–H and O–H groups in total. The Kier molecular flexibility index (Phi) is 11.0. The van der Waals surface area contributed by atoms with Crippen LogP contribution in [0.2, 0.25) is 0 Å². The van der Waals surface area contributed by atoms with Crippen LogP contribution in [0.1, 0.15) is 123 Å². The molecule has 34 heavy (non-hydrogen) atoms. The molecule has 2 rings (SSSR count). The Hall–Kier alpha value is -1.96. The summed E-state index contributed by atoms with van der Waals surface area (Å²) >= 11 is 0. The molecule has 1 unspecified atom stereocenters. The lowest BCUT2D eigenvalue weighted by atomic mass is 9.82. The SMILES string of the molecule is CCc1c(O)c(CC)c2c(c1CC)OC(C)(CC/C=C(\C)CC/C=C(\C)CCC=C(C)C)CC2. The zero-order valence-corrected chi connectivity index (χ0v) is 23.4. The van der Waals surface area contributed by atoms with Crippen LogP contribution >= 0.6 is 0 Å². The molecule has 1 heterocycles. The molecule has 0 spiro atoms. The Morgan fingerprint density at radius 1 is 0.824 bits per heavy atom. The fraction of sp³-hybridized carbons (Fsp3) is 0.625. The van der Waals surface area contributed by atoms with Gasteiger partial charge < -0.3 is 9.84 Å². The summed E-state index contributed by atoms with van der Waals surface area (Å²) in [5, 5.41) is 10.9. The number of allylic oxidation sites excluding steroid dienone is 6. The van der Waals surface area contributed by atoms with Gasteiger partial charge in [0, 0.05) is 22.3 Å². The van der Waals surface area contributed by atoms with Gasteiger partial charge in [-0.3, -0.25) is 0 Å². The molecule has 190 valence electrons. The van der Waals surface area contributed by atoms with Gasteiger partial charge in [-0.15, -0.1) is 0 Å². The highest BCUT2D eigenvalue weighted by atomic mass is 16.5. The number of hydrogen-bond donors (Lipinski definition) is 1. The van der Waals surface area contributed by atoms with Crippen molar-refractivity contribution < 1.29 is 9.84 Å². The predicted octanol–water partition coefficient (Wildman–Crippen LogP) is 9.36. The molecule has 0 saturated heterocycles. The number of phenolic OH excluding ortho intramolecular Hbond substituents is 1. The van der Waals surface area contributed by atoms with Crippen LogP contribution < -0.4 is 4.74 Å². The predicted molar refractivity (Wildman–Crippen MR) is 148 cm³/mol. The van der Waals surface area contributed by atoms with E-state index in [1.165, 1.54) is 34.3 Å². The number of benzene rings is 1. The van der Waals surface area contributed by atoms with Gasteiger partial charge in [-0.25, -0.2) is 0 Å². The van der Waals surface area contributed by atoms with E-state index in [4.69, 9.17) is 4.74 Å². The van der Waals surface area contributed by atoms with E-state index in [0.717, 1.165) is 81.1 Å². The van der Waals surface area contributed by atoms with Gasteiger partial charge >= 0.3 is 0 Å². The van der Waals surface area contributed by atoms with Crippen molar-refractivity contribution in [3.05, 3.63) is 57.2 Å². The number of fused-ring (bicyclic) bond motifs is 1. The van der Waals surface area contributed by atoms with E-state index >= 15 is 0 Å². The molecule has 0 aliphatic carbocycles. The Bertz CT molecular complexity index is 886. The van der Waals surface area contributed by atoms with Crippen molar-refractivity contribution in [1.82, 2.24) is 0 Å². The van der Waals surface area contributed by atoms with Gasteiger partial charge in [0.2, 0.25) is 0 Å². The van der Waals surface area contributed by atoms with Crippen molar-refractivity contribution in [3.63, 3.8) is 0 Å². The van der Waals surface area contributed by atoms with Crippen molar-refractivity contribution in [2.45, 2.75) is 132 Å². The van der Waals surface area contributed by atoms with Gasteiger partial charge in [0.25, 0.3) is 0 Å². The van der Waals surface area contributed by atoms with E-state index in [1.807, 2.05) is 0 Å². The number of phenols is 1. The zero-order chi connectivity index (χ0) is 25.3. The van der Waals surface area contributed by atoms with Crippen LogP contribution in [0.25, 0.3) is 0 Å². The highest BCUT2D eigenvalue weighted by molar-refractivity contribution is 5.60. The summed E-state index contributed by atoms with van der Waals surface area (Å²) in [7, 11) is 0. The van der Waals surface area contributed by atoms with Crippen molar-refractivity contribution in [2.24, 2.45) is 0 Å². The maximum atomic E-state index is 10.9. The van der Waals surface area contributed by atoms with Crippen LogP contribution in [0.15, 0.2) is 34.9 Å². The third-order valence-electron chi connectivity index (χ3n) is 7.45. The fourth-order valence-electron chi connectivity index (χ4n) is 5.27. The molecular weight excluding hydrogens is 416 g/mol. The summed E-state index contributed by atoms with van der Waals surface area (Å²) in [6.07, 6.45) is 18.5. The maximum absolute atomic E-state index is 10.9. The molecular formula is C32H50O2. The van der Waals surface area contributed by atoms with Crippen LogP contribution in [-0.4, -0.2) is 10.7 Å². The Morgan fingerprint density at radius 3 is 1.94 bits per heavy atom. The van der Waals surface area contributed by atoms with E-state index in [1.54, 1.807) is 0 Å². The van der Waals surface area contributed by atoms with E-state index in [2.05, 4.69) is 73.6 Å². The number of rotatable bonds is 12. The summed E-state index contributed by atoms with van der Waals surface area (Å²) in [6.45, 7) is 17.6. The summed E-state index contributed by atoms with van der Waals surface area (Å²) < 4.78 is 6.78. The number of aromatic hydroxyl groups is 1. The van der Waals surface area contributed by atoms with Crippen molar-refractivity contribution in [1.29, 1.82) is 0 Å². The van der Waals surface area contributed by atoms with Crippen molar-refractivity contribution in [2.75, 3.05) is 0 Å². The molecule has 2 nitrogen and oxygen atoms in total. The van der Waals surface area contributed by atoms with Crippen LogP contribution in [0, 0.1) is 0 Å². The lowest BCUT2D eigenvalue weighted by molar-refractivity contribution is 0.0554. The molecule has 0 saturated carbocycles. The Labute approximate surface area is 210 Å². The van der Waals surface area contributed by atoms with Crippen molar-refractivity contribution in [3.8, 4) is 11.5 Å². The first-order valence-electron chi connectivity index (χ1n) is 13.7. The van der Waals surface area contributed by atoms with E-state index < -0.39 is 0 Å². The van der Waals surface area contributed by atoms with Gasteiger partial charge in [-0.1, -0.05) is 55.7 Å². The normalized spacial score (nSPS) is 18.5. The molecule has 0 fully saturated rings. The quantitative estimate of drug-likeness (QED) is 0.311. The van der Waals surface area contributed by atoms with E-state index in [-0.39, 0.29) is 5.60 Å².